The van der Waals surface area contributed by atoms with Crippen LogP contribution < -0.4 is 5.32 Å². The zero-order chi connectivity index (χ0) is 22.4. The van der Waals surface area contributed by atoms with Crippen LogP contribution in [0.2, 0.25) is 0 Å². The summed E-state index contributed by atoms with van der Waals surface area (Å²) in [5.41, 5.74) is 5.85. The monoisotopic (exact) mass is 442 g/mol. The number of aromatic nitrogens is 3. The van der Waals surface area contributed by atoms with Gasteiger partial charge < -0.3 is 15.4 Å². The van der Waals surface area contributed by atoms with Crippen LogP contribution in [-0.4, -0.2) is 31.9 Å². The maximum absolute atomic E-state index is 12.6. The van der Waals surface area contributed by atoms with Crippen LogP contribution in [0, 0.1) is 13.8 Å². The lowest BCUT2D eigenvalue weighted by atomic mass is 10.1. The van der Waals surface area contributed by atoms with Crippen molar-refractivity contribution in [3.63, 3.8) is 0 Å². The Bertz CT molecular complexity index is 1420. The second kappa shape index (κ2) is 7.58. The number of nitrogens with zero attached hydrogens (tertiary/aromatic N) is 2. The Balaban J connectivity index is 1.55. The minimum atomic E-state index is -1.00. The van der Waals surface area contributed by atoms with E-state index in [1.54, 1.807) is 19.9 Å². The lowest BCUT2D eigenvalue weighted by Gasteiger charge is -2.02. The number of pyridine rings is 1. The van der Waals surface area contributed by atoms with Crippen molar-refractivity contribution in [1.82, 2.24) is 15.0 Å². The summed E-state index contributed by atoms with van der Waals surface area (Å²) in [5, 5.41) is 15.1. The zero-order valence-electron chi connectivity index (χ0n) is 17.3. The first-order valence-corrected chi connectivity index (χ1v) is 10.8. The van der Waals surface area contributed by atoms with Crippen LogP contribution >= 0.6 is 11.3 Å². The van der Waals surface area contributed by atoms with Gasteiger partial charge in [0.2, 0.25) is 0 Å². The van der Waals surface area contributed by atoms with E-state index >= 15 is 0 Å². The zero-order valence-corrected chi connectivity index (χ0v) is 18.1. The highest BCUT2D eigenvalue weighted by Gasteiger charge is 2.28. The Morgan fingerprint density at radius 3 is 2.56 bits per heavy atom. The number of H-pyrrole nitrogens is 1. The number of nitrogens with one attached hydrogen (secondary N) is 2. The molecular formula is C24H18N4O3S. The molecule has 1 aliphatic heterocycles. The largest absolute Gasteiger partial charge is 0.478 e. The fourth-order valence-electron chi connectivity index (χ4n) is 3.83. The Hall–Kier alpha value is -4.04. The van der Waals surface area contributed by atoms with E-state index in [0.29, 0.717) is 39.6 Å². The third-order valence-corrected chi connectivity index (χ3v) is 6.30. The first kappa shape index (κ1) is 19.9. The van der Waals surface area contributed by atoms with Gasteiger partial charge in [0.05, 0.1) is 22.5 Å². The fourth-order valence-corrected chi connectivity index (χ4v) is 4.65. The summed E-state index contributed by atoms with van der Waals surface area (Å²) in [6.07, 6.45) is 1.66. The molecule has 0 bridgehead atoms. The van der Waals surface area contributed by atoms with E-state index in [9.17, 15) is 14.7 Å². The number of carbonyl (C=O) groups is 2. The highest BCUT2D eigenvalue weighted by atomic mass is 32.1. The first-order valence-electron chi connectivity index (χ1n) is 9.90. The molecular weight excluding hydrogens is 424 g/mol. The number of anilines is 1. The Morgan fingerprint density at radius 1 is 1.06 bits per heavy atom. The smallest absolute Gasteiger partial charge is 0.337 e. The summed E-state index contributed by atoms with van der Waals surface area (Å²) in [4.78, 5) is 36.7. The van der Waals surface area contributed by atoms with Crippen LogP contribution in [0.15, 0.2) is 47.8 Å². The molecule has 4 heterocycles. The summed E-state index contributed by atoms with van der Waals surface area (Å²) >= 11 is 1.53. The summed E-state index contributed by atoms with van der Waals surface area (Å²) in [6, 6.07) is 13.6. The molecule has 158 valence electrons. The molecule has 8 heteroatoms. The molecule has 0 unspecified atom stereocenters. The molecule has 0 aliphatic carbocycles. The number of aryl methyl sites for hydroxylation is 1. The number of aromatic carboxylic acids is 1. The second-order valence-electron chi connectivity index (χ2n) is 7.48. The van der Waals surface area contributed by atoms with Crippen LogP contribution in [0.5, 0.6) is 0 Å². The predicted octanol–water partition coefficient (Wildman–Crippen LogP) is 5.01. The van der Waals surface area contributed by atoms with E-state index in [2.05, 4.69) is 10.3 Å². The number of fused-ring (bicyclic) bond motifs is 1. The lowest BCUT2D eigenvalue weighted by Crippen LogP contribution is -2.03. The Morgan fingerprint density at radius 2 is 1.84 bits per heavy atom. The van der Waals surface area contributed by atoms with E-state index in [4.69, 9.17) is 9.97 Å². The van der Waals surface area contributed by atoms with Crippen molar-refractivity contribution < 1.29 is 14.7 Å². The van der Waals surface area contributed by atoms with Crippen molar-refractivity contribution >= 4 is 40.5 Å². The molecule has 0 saturated carbocycles. The topological polar surface area (TPSA) is 108 Å². The summed E-state index contributed by atoms with van der Waals surface area (Å²) in [6.45, 7) is 3.42. The standard InChI is InChI=1S/C24H18N4O3S/c1-12-18(25-13(2)20(12)24(30)31)10-15-21-17(27-22(15)29)9-8-16(26-21)19-11-32-23(28-19)14-6-4-3-5-7-14/h3-11,25H,1-2H3,(H,27,29)(H,30,31)/b15-10-. The minimum absolute atomic E-state index is 0.216. The molecule has 0 fully saturated rings. The van der Waals surface area contributed by atoms with Gasteiger partial charge in [-0.05, 0) is 37.6 Å². The number of aromatic amines is 1. The van der Waals surface area contributed by atoms with Crippen molar-refractivity contribution in [3.8, 4) is 22.0 Å². The van der Waals surface area contributed by atoms with Crippen molar-refractivity contribution in [1.29, 1.82) is 0 Å². The molecule has 0 atom stereocenters. The SMILES string of the molecule is Cc1[nH]c(/C=C2\C(=O)Nc3ccc(-c4csc(-c5ccccc5)n4)nc32)c(C)c1C(=O)O. The Labute approximate surface area is 187 Å². The van der Waals surface area contributed by atoms with Gasteiger partial charge in [0, 0.05) is 22.3 Å². The van der Waals surface area contributed by atoms with Crippen LogP contribution in [0.25, 0.3) is 33.6 Å². The summed E-state index contributed by atoms with van der Waals surface area (Å²) < 4.78 is 0. The molecule has 3 N–H and O–H groups in total. The minimum Gasteiger partial charge on any atom is -0.478 e. The maximum Gasteiger partial charge on any atom is 0.337 e. The number of rotatable bonds is 4. The van der Waals surface area contributed by atoms with Crippen molar-refractivity contribution in [2.75, 3.05) is 5.32 Å². The van der Waals surface area contributed by atoms with E-state index in [0.717, 1.165) is 16.3 Å². The molecule has 1 amide bonds. The van der Waals surface area contributed by atoms with Gasteiger partial charge in [-0.2, -0.15) is 0 Å². The average Bonchev–Trinajstić information content (AvgIpc) is 3.45. The molecule has 4 aromatic rings. The number of benzene rings is 1. The van der Waals surface area contributed by atoms with Crippen LogP contribution in [0.3, 0.4) is 0 Å². The number of carbonyl (C=O) groups excluding carboxylic acids is 1. The van der Waals surface area contributed by atoms with Gasteiger partial charge in [-0.15, -0.1) is 11.3 Å². The summed E-state index contributed by atoms with van der Waals surface area (Å²) in [7, 11) is 0. The Kier molecular flexibility index (Phi) is 4.71. The number of thiazole rings is 1. The molecule has 0 radical (unpaired) electrons. The maximum atomic E-state index is 12.6. The van der Waals surface area contributed by atoms with E-state index in [1.165, 1.54) is 11.3 Å². The number of carboxylic acid groups (broad SMARTS) is 1. The number of carboxylic acids is 1. The van der Waals surface area contributed by atoms with E-state index in [-0.39, 0.29) is 11.5 Å². The highest BCUT2D eigenvalue weighted by molar-refractivity contribution is 7.13. The lowest BCUT2D eigenvalue weighted by molar-refractivity contribution is -0.110. The van der Waals surface area contributed by atoms with Crippen molar-refractivity contribution in [2.45, 2.75) is 13.8 Å². The molecule has 0 spiro atoms. The predicted molar refractivity (Wildman–Crippen MR) is 125 cm³/mol. The van der Waals surface area contributed by atoms with Crippen molar-refractivity contribution in [2.24, 2.45) is 0 Å². The van der Waals surface area contributed by atoms with Crippen LogP contribution in [0.4, 0.5) is 5.69 Å². The second-order valence-corrected chi connectivity index (χ2v) is 8.34. The quantitative estimate of drug-likeness (QED) is 0.385. The van der Waals surface area contributed by atoms with Gasteiger partial charge in [-0.3, -0.25) is 4.79 Å². The molecule has 0 saturated heterocycles. The number of hydrogen-bond donors (Lipinski definition) is 3. The molecule has 32 heavy (non-hydrogen) atoms. The normalized spacial score (nSPS) is 13.9. The van der Waals surface area contributed by atoms with Gasteiger partial charge in [0.15, 0.2) is 0 Å². The number of hydrogen-bond acceptors (Lipinski definition) is 5. The van der Waals surface area contributed by atoms with E-state index < -0.39 is 5.97 Å². The molecule has 1 aromatic carbocycles. The van der Waals surface area contributed by atoms with Crippen LogP contribution in [-0.2, 0) is 4.79 Å². The van der Waals surface area contributed by atoms with Crippen LogP contribution in [0.1, 0.15) is 33.0 Å². The molecule has 7 nitrogen and oxygen atoms in total. The molecule has 3 aromatic heterocycles. The van der Waals surface area contributed by atoms with Gasteiger partial charge in [-0.1, -0.05) is 30.3 Å². The fraction of sp³-hybridized carbons (Fsp3) is 0.0833. The molecule has 1 aliphatic rings. The highest BCUT2D eigenvalue weighted by Crippen LogP contribution is 2.35. The van der Waals surface area contributed by atoms with Crippen molar-refractivity contribution in [3.05, 3.63) is 76.1 Å². The third-order valence-electron chi connectivity index (χ3n) is 5.41. The number of amides is 1. The summed E-state index contributed by atoms with van der Waals surface area (Å²) in [5.74, 6) is -1.29. The van der Waals surface area contributed by atoms with E-state index in [1.807, 2.05) is 47.8 Å². The first-order chi connectivity index (χ1) is 15.4. The van der Waals surface area contributed by atoms with Gasteiger partial charge in [0.25, 0.3) is 5.91 Å². The molecule has 5 rings (SSSR count). The van der Waals surface area contributed by atoms with Gasteiger partial charge in [-0.25, -0.2) is 14.8 Å². The third kappa shape index (κ3) is 3.30. The van der Waals surface area contributed by atoms with Gasteiger partial charge in [0.1, 0.15) is 16.4 Å². The van der Waals surface area contributed by atoms with Gasteiger partial charge >= 0.3 is 5.97 Å². The average molecular weight is 443 g/mol.